The smallest absolute Gasteiger partial charge is 0.318 e. The summed E-state index contributed by atoms with van der Waals surface area (Å²) in [7, 11) is 0. The molecule has 4 heteroatoms. The van der Waals surface area contributed by atoms with Gasteiger partial charge in [0.15, 0.2) is 0 Å². The summed E-state index contributed by atoms with van der Waals surface area (Å²) in [5.41, 5.74) is 4.92. The molecule has 0 radical (unpaired) electrons. The van der Waals surface area contributed by atoms with Crippen LogP contribution in [0.15, 0.2) is 71.4 Å². The van der Waals surface area contributed by atoms with Crippen LogP contribution in [0.1, 0.15) is 30.5 Å². The van der Waals surface area contributed by atoms with Gasteiger partial charge in [-0.2, -0.15) is 0 Å². The predicted molar refractivity (Wildman–Crippen MR) is 96.6 cm³/mol. The second kappa shape index (κ2) is 7.26. The zero-order valence-electron chi connectivity index (χ0n) is 14.1. The molecule has 126 valence electrons. The third kappa shape index (κ3) is 3.91. The van der Waals surface area contributed by atoms with Gasteiger partial charge in [-0.25, -0.2) is 9.18 Å². The van der Waals surface area contributed by atoms with E-state index >= 15 is 0 Å². The predicted octanol–water partition coefficient (Wildman–Crippen LogP) is 4.68. The number of benzene rings is 2. The molecule has 0 N–H and O–H groups in total. The number of rotatable bonds is 3. The molecule has 0 aromatic heterocycles. The molecule has 0 bridgehead atoms. The fourth-order valence-electron chi connectivity index (χ4n) is 2.80. The first kappa shape index (κ1) is 16.8. The van der Waals surface area contributed by atoms with Crippen molar-refractivity contribution in [3.63, 3.8) is 0 Å². The van der Waals surface area contributed by atoms with Gasteiger partial charge in [0.1, 0.15) is 11.5 Å². The molecular formula is C21H18FNO2. The van der Waals surface area contributed by atoms with Crippen LogP contribution in [0.4, 0.5) is 4.39 Å². The quantitative estimate of drug-likeness (QED) is 0.464. The normalized spacial score (nSPS) is 14.1. The van der Waals surface area contributed by atoms with Gasteiger partial charge in [0.25, 0.3) is 0 Å². The molecule has 0 amide bonds. The van der Waals surface area contributed by atoms with Gasteiger partial charge >= 0.3 is 5.97 Å². The first-order valence-electron chi connectivity index (χ1n) is 8.02. The number of hydrogen-bond donors (Lipinski definition) is 0. The van der Waals surface area contributed by atoms with Gasteiger partial charge in [-0.1, -0.05) is 59.3 Å². The molecule has 0 atom stereocenters. The Balaban J connectivity index is 2.20. The van der Waals surface area contributed by atoms with Gasteiger partial charge in [0.2, 0.25) is 0 Å². The van der Waals surface area contributed by atoms with Gasteiger partial charge in [-0.3, -0.25) is 0 Å². The summed E-state index contributed by atoms with van der Waals surface area (Å²) < 4.78 is 13.9. The SMILES string of the molecule is CC(=O)O/N=C(/C1=CC=C(C)Cc2ccc(F)cc21)c1ccccc1. The van der Waals surface area contributed by atoms with E-state index in [0.29, 0.717) is 5.71 Å². The molecule has 2 aromatic carbocycles. The Morgan fingerprint density at radius 2 is 1.88 bits per heavy atom. The van der Waals surface area contributed by atoms with Crippen LogP contribution in [0.5, 0.6) is 0 Å². The Hall–Kier alpha value is -3.01. The number of carbonyl (C=O) groups is 1. The Morgan fingerprint density at radius 1 is 1.12 bits per heavy atom. The number of halogens is 1. The lowest BCUT2D eigenvalue weighted by Crippen LogP contribution is -2.08. The van der Waals surface area contributed by atoms with Gasteiger partial charge in [0.05, 0.1) is 0 Å². The van der Waals surface area contributed by atoms with Crippen molar-refractivity contribution in [2.45, 2.75) is 20.3 Å². The maximum atomic E-state index is 13.9. The fraction of sp³-hybridized carbons (Fsp3) is 0.143. The zero-order chi connectivity index (χ0) is 17.8. The van der Waals surface area contributed by atoms with Crippen molar-refractivity contribution in [1.82, 2.24) is 0 Å². The van der Waals surface area contributed by atoms with E-state index in [4.69, 9.17) is 4.84 Å². The minimum atomic E-state index is -0.506. The fourth-order valence-corrected chi connectivity index (χ4v) is 2.80. The Labute approximate surface area is 146 Å². The lowest BCUT2D eigenvalue weighted by Gasteiger charge is -2.14. The van der Waals surface area contributed by atoms with E-state index in [1.807, 2.05) is 49.4 Å². The number of hydrogen-bond acceptors (Lipinski definition) is 3. The average Bonchev–Trinajstić information content (AvgIpc) is 2.75. The Morgan fingerprint density at radius 3 is 2.60 bits per heavy atom. The van der Waals surface area contributed by atoms with Gasteiger partial charge < -0.3 is 4.84 Å². The van der Waals surface area contributed by atoms with Gasteiger partial charge in [0, 0.05) is 18.1 Å². The van der Waals surface area contributed by atoms with Crippen LogP contribution >= 0.6 is 0 Å². The molecule has 3 nitrogen and oxygen atoms in total. The third-order valence-corrected chi connectivity index (χ3v) is 3.93. The second-order valence-electron chi connectivity index (χ2n) is 5.96. The number of nitrogens with zero attached hydrogens (tertiary/aromatic N) is 1. The van der Waals surface area contributed by atoms with Crippen molar-refractivity contribution >= 4 is 17.3 Å². The molecule has 0 unspecified atom stereocenters. The molecule has 0 saturated heterocycles. The summed E-state index contributed by atoms with van der Waals surface area (Å²) in [6, 6.07) is 14.2. The Bertz CT molecular complexity index is 895. The molecule has 0 fully saturated rings. The van der Waals surface area contributed by atoms with E-state index in [9.17, 15) is 9.18 Å². The molecule has 1 aliphatic carbocycles. The van der Waals surface area contributed by atoms with Crippen LogP contribution in [0.25, 0.3) is 5.57 Å². The molecule has 0 saturated carbocycles. The van der Waals surface area contributed by atoms with Crippen LogP contribution in [0, 0.1) is 5.82 Å². The Kier molecular flexibility index (Phi) is 4.89. The van der Waals surface area contributed by atoms with Gasteiger partial charge in [-0.15, -0.1) is 0 Å². The molecule has 1 aliphatic rings. The minimum absolute atomic E-state index is 0.316. The van der Waals surface area contributed by atoms with Crippen LogP contribution < -0.4 is 0 Å². The van der Waals surface area contributed by atoms with Crippen LogP contribution in [-0.2, 0) is 16.1 Å². The third-order valence-electron chi connectivity index (χ3n) is 3.93. The van der Waals surface area contributed by atoms with Crippen molar-refractivity contribution in [1.29, 1.82) is 0 Å². The van der Waals surface area contributed by atoms with Crippen molar-refractivity contribution < 1.29 is 14.0 Å². The van der Waals surface area contributed by atoms with E-state index in [1.165, 1.54) is 19.1 Å². The maximum absolute atomic E-state index is 13.9. The van der Waals surface area contributed by atoms with Crippen molar-refractivity contribution in [2.24, 2.45) is 5.16 Å². The standard InChI is InChI=1S/C21H18FNO2/c1-14-8-11-19(20-13-18(22)10-9-17(20)12-14)21(23-25-15(2)24)16-6-4-3-5-7-16/h3-11,13H,12H2,1-2H3/b23-21+. The summed E-state index contributed by atoms with van der Waals surface area (Å²) in [5, 5.41) is 4.06. The highest BCUT2D eigenvalue weighted by molar-refractivity contribution is 6.32. The van der Waals surface area contributed by atoms with E-state index in [-0.39, 0.29) is 5.82 Å². The lowest BCUT2D eigenvalue weighted by atomic mass is 9.92. The summed E-state index contributed by atoms with van der Waals surface area (Å²) in [4.78, 5) is 16.2. The molecular weight excluding hydrogens is 317 g/mol. The van der Waals surface area contributed by atoms with Gasteiger partial charge in [-0.05, 0) is 36.6 Å². The molecule has 2 aromatic rings. The molecule has 0 heterocycles. The van der Waals surface area contributed by atoms with E-state index < -0.39 is 5.97 Å². The van der Waals surface area contributed by atoms with Crippen molar-refractivity contribution in [2.75, 3.05) is 0 Å². The van der Waals surface area contributed by atoms with Crippen LogP contribution in [0.2, 0.25) is 0 Å². The van der Waals surface area contributed by atoms with Crippen LogP contribution in [0.3, 0.4) is 0 Å². The number of allylic oxidation sites excluding steroid dienone is 4. The second-order valence-corrected chi connectivity index (χ2v) is 5.96. The largest absolute Gasteiger partial charge is 0.332 e. The summed E-state index contributed by atoms with van der Waals surface area (Å²) in [5.74, 6) is -0.821. The first-order valence-corrected chi connectivity index (χ1v) is 8.02. The molecule has 0 spiro atoms. The molecule has 25 heavy (non-hydrogen) atoms. The monoisotopic (exact) mass is 335 g/mol. The minimum Gasteiger partial charge on any atom is -0.318 e. The number of carbonyl (C=O) groups excluding carboxylic acids is 1. The molecule has 3 rings (SSSR count). The van der Waals surface area contributed by atoms with Crippen molar-refractivity contribution in [3.05, 3.63) is 88.8 Å². The highest BCUT2D eigenvalue weighted by Gasteiger charge is 2.19. The summed E-state index contributed by atoms with van der Waals surface area (Å²) >= 11 is 0. The molecule has 0 aliphatic heterocycles. The zero-order valence-corrected chi connectivity index (χ0v) is 14.1. The topological polar surface area (TPSA) is 38.7 Å². The maximum Gasteiger partial charge on any atom is 0.332 e. The average molecular weight is 335 g/mol. The van der Waals surface area contributed by atoms with E-state index in [0.717, 1.165) is 34.3 Å². The summed E-state index contributed by atoms with van der Waals surface area (Å²) in [6.07, 6.45) is 4.61. The first-order chi connectivity index (χ1) is 12.0. The van der Waals surface area contributed by atoms with Crippen LogP contribution in [-0.4, -0.2) is 11.7 Å². The van der Waals surface area contributed by atoms with E-state index in [2.05, 4.69) is 5.16 Å². The highest BCUT2D eigenvalue weighted by atomic mass is 19.1. The van der Waals surface area contributed by atoms with E-state index in [1.54, 1.807) is 6.07 Å². The highest BCUT2D eigenvalue weighted by Crippen LogP contribution is 2.29. The van der Waals surface area contributed by atoms with Crippen molar-refractivity contribution in [3.8, 4) is 0 Å². The number of oxime groups is 1. The number of fused-ring (bicyclic) bond motifs is 1. The summed E-state index contributed by atoms with van der Waals surface area (Å²) in [6.45, 7) is 3.32. The lowest BCUT2D eigenvalue weighted by molar-refractivity contribution is -0.140.